The van der Waals surface area contributed by atoms with E-state index in [9.17, 15) is 27.2 Å². The van der Waals surface area contributed by atoms with Crippen LogP contribution in [0, 0.1) is 5.82 Å². The summed E-state index contributed by atoms with van der Waals surface area (Å²) >= 11 is 1.24. The number of carbonyl (C=O) groups excluding carboxylic acids is 1. The molecule has 4 rings (SSSR count). The van der Waals surface area contributed by atoms with Gasteiger partial charge in [0.15, 0.2) is 5.16 Å². The lowest BCUT2D eigenvalue weighted by atomic mass is 10.0. The Labute approximate surface area is 270 Å². The summed E-state index contributed by atoms with van der Waals surface area (Å²) in [6.07, 6.45) is -4.08. The highest BCUT2D eigenvalue weighted by molar-refractivity contribution is 7.98. The Morgan fingerprint density at radius 2 is 1.57 bits per heavy atom. The monoisotopic (exact) mass is 655 g/mol. The van der Waals surface area contributed by atoms with E-state index >= 15 is 0 Å². The Kier molecular flexibility index (Phi) is 12.1. The number of aromatic nitrogens is 3. The molecule has 7 nitrogen and oxygen atoms in total. The Morgan fingerprint density at radius 1 is 0.891 bits per heavy atom. The minimum Gasteiger partial charge on any atom is -0.335 e. The maximum absolute atomic E-state index is 13.9. The number of hydrogen-bond acceptors (Lipinski definition) is 6. The first-order valence-corrected chi connectivity index (χ1v) is 16.1. The molecule has 0 aliphatic carbocycles. The van der Waals surface area contributed by atoms with Crippen LogP contribution in [-0.2, 0) is 36.2 Å². The number of nitrogens with zero attached hydrogens (tertiary/aromatic N) is 5. The first-order valence-electron chi connectivity index (χ1n) is 15.1. The molecule has 0 atom stereocenters. The number of alkyl halides is 3. The third kappa shape index (κ3) is 9.49. The average molecular weight is 656 g/mol. The van der Waals surface area contributed by atoms with Crippen LogP contribution in [0.5, 0.6) is 0 Å². The van der Waals surface area contributed by atoms with Crippen molar-refractivity contribution in [1.29, 1.82) is 0 Å². The van der Waals surface area contributed by atoms with Gasteiger partial charge in [-0.3, -0.25) is 9.59 Å². The van der Waals surface area contributed by atoms with E-state index in [0.717, 1.165) is 36.3 Å². The summed E-state index contributed by atoms with van der Waals surface area (Å²) in [4.78, 5) is 34.6. The molecule has 1 heterocycles. The van der Waals surface area contributed by atoms with Gasteiger partial charge < -0.3 is 9.80 Å². The summed E-state index contributed by atoms with van der Waals surface area (Å²) in [6.45, 7) is 8.73. The van der Waals surface area contributed by atoms with Crippen LogP contribution in [0.3, 0.4) is 0 Å². The summed E-state index contributed by atoms with van der Waals surface area (Å²) in [6, 6.07) is 18.3. The van der Waals surface area contributed by atoms with Crippen LogP contribution >= 0.6 is 11.8 Å². The zero-order chi connectivity index (χ0) is 33.3. The number of benzene rings is 3. The average Bonchev–Trinajstić information content (AvgIpc) is 3.05. The molecule has 12 heteroatoms. The Morgan fingerprint density at radius 3 is 2.20 bits per heavy atom. The molecular weight excluding hydrogens is 618 g/mol. The molecular formula is C34H37F4N5O2S. The standard InChI is InChI=1S/C34H37F4N5O2S/c1-4-30-32(45)39-33(46-23-25-12-16-29(35)17-13-25)43(40-30)22-31(44)42(19-18-41(5-2)6-3)21-24-10-14-26(15-11-24)27-8-7-9-28(20-27)34(36,37)38/h7-17,20H,4-6,18-19,21-23H2,1-3H3. The highest BCUT2D eigenvalue weighted by Crippen LogP contribution is 2.32. The molecule has 0 saturated heterocycles. The van der Waals surface area contributed by atoms with Gasteiger partial charge in [-0.2, -0.15) is 23.3 Å². The van der Waals surface area contributed by atoms with Crippen LogP contribution in [0.2, 0.25) is 0 Å². The minimum absolute atomic E-state index is 0.146. The van der Waals surface area contributed by atoms with Crippen molar-refractivity contribution in [3.63, 3.8) is 0 Å². The van der Waals surface area contributed by atoms with Crippen LogP contribution in [0.1, 0.15) is 43.2 Å². The molecule has 0 aliphatic heterocycles. The van der Waals surface area contributed by atoms with Crippen LogP contribution in [0.4, 0.5) is 17.6 Å². The van der Waals surface area contributed by atoms with E-state index in [1.807, 2.05) is 12.1 Å². The van der Waals surface area contributed by atoms with Gasteiger partial charge in [-0.25, -0.2) is 9.07 Å². The molecule has 0 spiro atoms. The van der Waals surface area contributed by atoms with Gasteiger partial charge in [-0.15, -0.1) is 0 Å². The number of halogens is 4. The molecule has 3 aromatic carbocycles. The molecule has 4 aromatic rings. The molecule has 0 bridgehead atoms. The van der Waals surface area contributed by atoms with Gasteiger partial charge in [-0.05, 0) is 66.0 Å². The predicted octanol–water partition coefficient (Wildman–Crippen LogP) is 6.69. The van der Waals surface area contributed by atoms with Crippen molar-refractivity contribution in [2.24, 2.45) is 0 Å². The van der Waals surface area contributed by atoms with Crippen molar-refractivity contribution in [3.8, 4) is 11.1 Å². The van der Waals surface area contributed by atoms with E-state index in [2.05, 4.69) is 28.8 Å². The van der Waals surface area contributed by atoms with E-state index < -0.39 is 17.3 Å². The molecule has 0 saturated carbocycles. The second-order valence-electron chi connectivity index (χ2n) is 10.7. The number of rotatable bonds is 14. The molecule has 0 unspecified atom stereocenters. The van der Waals surface area contributed by atoms with Gasteiger partial charge in [0.2, 0.25) is 5.91 Å². The lowest BCUT2D eigenvalue weighted by Crippen LogP contribution is -2.40. The third-order valence-corrected chi connectivity index (χ3v) is 8.63. The van der Waals surface area contributed by atoms with Gasteiger partial charge in [0.05, 0.1) is 5.56 Å². The fourth-order valence-corrected chi connectivity index (χ4v) is 5.71. The van der Waals surface area contributed by atoms with E-state index in [1.165, 1.54) is 34.6 Å². The maximum atomic E-state index is 13.9. The second-order valence-corrected chi connectivity index (χ2v) is 11.6. The summed E-state index contributed by atoms with van der Waals surface area (Å²) < 4.78 is 54.6. The first-order chi connectivity index (χ1) is 22.0. The zero-order valence-electron chi connectivity index (χ0n) is 26.1. The summed E-state index contributed by atoms with van der Waals surface area (Å²) in [5.74, 6) is -0.172. The van der Waals surface area contributed by atoms with Crippen molar-refractivity contribution < 1.29 is 22.4 Å². The molecule has 1 aromatic heterocycles. The van der Waals surface area contributed by atoms with E-state index in [-0.39, 0.29) is 35.7 Å². The van der Waals surface area contributed by atoms with E-state index in [1.54, 1.807) is 42.2 Å². The van der Waals surface area contributed by atoms with Crippen LogP contribution in [0.15, 0.2) is 82.7 Å². The quantitative estimate of drug-likeness (QED) is 0.111. The first kappa shape index (κ1) is 34.8. The fraction of sp³-hybridized carbons (Fsp3) is 0.353. The molecule has 0 aliphatic rings. The number of aryl methyl sites for hydroxylation is 1. The molecule has 0 N–H and O–H groups in total. The fourth-order valence-electron chi connectivity index (χ4n) is 4.82. The zero-order valence-corrected chi connectivity index (χ0v) is 26.9. The topological polar surface area (TPSA) is 71.3 Å². The Balaban J connectivity index is 1.56. The van der Waals surface area contributed by atoms with Gasteiger partial charge in [-0.1, -0.05) is 81.1 Å². The predicted molar refractivity (Wildman–Crippen MR) is 172 cm³/mol. The van der Waals surface area contributed by atoms with Gasteiger partial charge in [0.25, 0.3) is 5.56 Å². The van der Waals surface area contributed by atoms with Crippen molar-refractivity contribution in [3.05, 3.63) is 111 Å². The van der Waals surface area contributed by atoms with Crippen LogP contribution < -0.4 is 5.56 Å². The minimum atomic E-state index is -4.44. The Bertz CT molecular complexity index is 1660. The molecule has 1 amide bonds. The number of carbonyl (C=O) groups is 1. The van der Waals surface area contributed by atoms with Gasteiger partial charge >= 0.3 is 6.18 Å². The highest BCUT2D eigenvalue weighted by atomic mass is 32.2. The van der Waals surface area contributed by atoms with Crippen molar-refractivity contribution in [2.75, 3.05) is 26.2 Å². The number of likely N-dealkylation sites (N-methyl/N-ethyl adjacent to an activating group) is 1. The lowest BCUT2D eigenvalue weighted by molar-refractivity contribution is -0.137. The van der Waals surface area contributed by atoms with Gasteiger partial charge in [0, 0.05) is 25.4 Å². The SMILES string of the molecule is CCc1nn(CC(=O)N(CCN(CC)CC)Cc2ccc(-c3cccc(C(F)(F)F)c3)cc2)c(SCc2ccc(F)cc2)nc1=O. The molecule has 0 radical (unpaired) electrons. The molecule has 244 valence electrons. The smallest absolute Gasteiger partial charge is 0.335 e. The van der Waals surface area contributed by atoms with Gasteiger partial charge in [0.1, 0.15) is 18.1 Å². The molecule has 46 heavy (non-hydrogen) atoms. The van der Waals surface area contributed by atoms with Crippen molar-refractivity contribution in [2.45, 2.75) is 57.4 Å². The normalized spacial score (nSPS) is 11.7. The number of thioether (sulfide) groups is 1. The Hall–Kier alpha value is -4.03. The summed E-state index contributed by atoms with van der Waals surface area (Å²) in [5.41, 5.74) is 1.81. The number of amides is 1. The van der Waals surface area contributed by atoms with E-state index in [4.69, 9.17) is 0 Å². The number of hydrogen-bond donors (Lipinski definition) is 0. The summed E-state index contributed by atoms with van der Waals surface area (Å²) in [7, 11) is 0. The van der Waals surface area contributed by atoms with E-state index in [0.29, 0.717) is 36.4 Å². The van der Waals surface area contributed by atoms with Crippen molar-refractivity contribution in [1.82, 2.24) is 24.6 Å². The summed E-state index contributed by atoms with van der Waals surface area (Å²) in [5, 5.41) is 4.75. The largest absolute Gasteiger partial charge is 0.416 e. The lowest BCUT2D eigenvalue weighted by Gasteiger charge is -2.27. The second kappa shape index (κ2) is 16.0. The molecule has 0 fully saturated rings. The van der Waals surface area contributed by atoms with Crippen LogP contribution in [-0.4, -0.2) is 56.7 Å². The third-order valence-electron chi connectivity index (χ3n) is 7.59. The van der Waals surface area contributed by atoms with Crippen LogP contribution in [0.25, 0.3) is 11.1 Å². The highest BCUT2D eigenvalue weighted by Gasteiger charge is 2.30. The van der Waals surface area contributed by atoms with Crippen molar-refractivity contribution >= 4 is 17.7 Å². The maximum Gasteiger partial charge on any atom is 0.416 e.